The Morgan fingerprint density at radius 2 is 2.23 bits per heavy atom. The van der Waals surface area contributed by atoms with Gasteiger partial charge >= 0.3 is 5.97 Å². The number of nitrogens with zero attached hydrogens (tertiary/aromatic N) is 1. The van der Waals surface area contributed by atoms with E-state index in [1.54, 1.807) is 0 Å². The third kappa shape index (κ3) is 0.753. The van der Waals surface area contributed by atoms with E-state index < -0.39 is 5.97 Å². The van der Waals surface area contributed by atoms with Crippen molar-refractivity contribution < 1.29 is 14.4 Å². The van der Waals surface area contributed by atoms with Crippen LogP contribution in [0.15, 0.2) is 4.52 Å². The molecule has 0 radical (unpaired) electrons. The number of carboxylic acid groups (broad SMARTS) is 1. The zero-order valence-electron chi connectivity index (χ0n) is 6.99. The fourth-order valence-corrected chi connectivity index (χ4v) is 2.63. The highest BCUT2D eigenvalue weighted by molar-refractivity contribution is 5.87. The average Bonchev–Trinajstić information content (AvgIpc) is 2.76. The Morgan fingerprint density at radius 3 is 3.00 bits per heavy atom. The zero-order chi connectivity index (χ0) is 9.00. The van der Waals surface area contributed by atoms with Gasteiger partial charge in [-0.05, 0) is 25.2 Å². The van der Waals surface area contributed by atoms with Gasteiger partial charge in [-0.25, -0.2) is 4.79 Å². The number of carbonyl (C=O) groups is 1. The molecule has 0 aromatic carbocycles. The fourth-order valence-electron chi connectivity index (χ4n) is 2.63. The molecule has 0 aliphatic heterocycles. The largest absolute Gasteiger partial charge is 0.476 e. The van der Waals surface area contributed by atoms with Crippen LogP contribution in [0.4, 0.5) is 0 Å². The number of rotatable bonds is 1. The predicted molar refractivity (Wildman–Crippen MR) is 42.8 cm³/mol. The van der Waals surface area contributed by atoms with Crippen LogP contribution in [-0.4, -0.2) is 16.2 Å². The Balaban J connectivity index is 2.18. The number of aromatic carboxylic acids is 1. The first-order chi connectivity index (χ1) is 6.27. The monoisotopic (exact) mass is 179 g/mol. The molecule has 0 saturated heterocycles. The molecule has 4 nitrogen and oxygen atoms in total. The third-order valence-corrected chi connectivity index (χ3v) is 3.17. The minimum Gasteiger partial charge on any atom is -0.476 e. The second-order valence-electron chi connectivity index (χ2n) is 3.82. The third-order valence-electron chi connectivity index (χ3n) is 3.17. The van der Waals surface area contributed by atoms with E-state index in [1.807, 2.05) is 0 Å². The number of fused-ring (bicyclic) bond motifs is 5. The number of hydrogen-bond donors (Lipinski definition) is 1. The lowest BCUT2D eigenvalue weighted by Crippen LogP contribution is -2.04. The molecule has 1 heterocycles. The average molecular weight is 179 g/mol. The van der Waals surface area contributed by atoms with Gasteiger partial charge in [0.2, 0.25) is 0 Å². The molecular weight excluding hydrogens is 170 g/mol. The van der Waals surface area contributed by atoms with Gasteiger partial charge in [0.05, 0.1) is 0 Å². The Hall–Kier alpha value is -1.32. The van der Waals surface area contributed by atoms with E-state index in [1.165, 1.54) is 0 Å². The van der Waals surface area contributed by atoms with Crippen molar-refractivity contribution in [1.29, 1.82) is 0 Å². The Morgan fingerprint density at radius 1 is 1.46 bits per heavy atom. The topological polar surface area (TPSA) is 63.3 Å². The molecule has 2 bridgehead atoms. The van der Waals surface area contributed by atoms with Gasteiger partial charge in [-0.1, -0.05) is 5.16 Å². The van der Waals surface area contributed by atoms with E-state index >= 15 is 0 Å². The van der Waals surface area contributed by atoms with Gasteiger partial charge in [0.1, 0.15) is 5.76 Å². The summed E-state index contributed by atoms with van der Waals surface area (Å²) in [5.41, 5.74) is 1.02. The molecule has 1 aromatic rings. The summed E-state index contributed by atoms with van der Waals surface area (Å²) in [5, 5.41) is 12.4. The summed E-state index contributed by atoms with van der Waals surface area (Å²) in [6, 6.07) is 0. The van der Waals surface area contributed by atoms with Crippen LogP contribution in [-0.2, 0) is 0 Å². The lowest BCUT2D eigenvalue weighted by Gasteiger charge is -2.06. The van der Waals surface area contributed by atoms with Crippen molar-refractivity contribution in [2.75, 3.05) is 0 Å². The van der Waals surface area contributed by atoms with Gasteiger partial charge in [0.25, 0.3) is 0 Å². The van der Waals surface area contributed by atoms with Crippen molar-refractivity contribution in [2.24, 2.45) is 0 Å². The summed E-state index contributed by atoms with van der Waals surface area (Å²) < 4.78 is 5.07. The van der Waals surface area contributed by atoms with Crippen LogP contribution < -0.4 is 0 Å². The fraction of sp³-hybridized carbons (Fsp3) is 0.556. The van der Waals surface area contributed by atoms with E-state index in [0.29, 0.717) is 11.8 Å². The normalized spacial score (nSPS) is 29.2. The van der Waals surface area contributed by atoms with Crippen LogP contribution in [0.25, 0.3) is 0 Å². The molecule has 1 saturated carbocycles. The minimum absolute atomic E-state index is 0.141. The molecule has 2 aliphatic carbocycles. The van der Waals surface area contributed by atoms with Crippen molar-refractivity contribution in [3.63, 3.8) is 0 Å². The summed E-state index contributed by atoms with van der Waals surface area (Å²) in [7, 11) is 0. The summed E-state index contributed by atoms with van der Waals surface area (Å²) in [4.78, 5) is 10.8. The SMILES string of the molecule is O=C(O)c1noc2c1C1CCC2C1. The summed E-state index contributed by atoms with van der Waals surface area (Å²) in [6.07, 6.45) is 3.29. The highest BCUT2D eigenvalue weighted by Gasteiger charge is 2.44. The molecule has 1 fully saturated rings. The molecule has 1 aromatic heterocycles. The van der Waals surface area contributed by atoms with E-state index in [4.69, 9.17) is 9.63 Å². The molecule has 2 aliphatic rings. The molecular formula is C9H9NO3. The van der Waals surface area contributed by atoms with Crippen molar-refractivity contribution in [3.8, 4) is 0 Å². The Labute approximate surface area is 74.5 Å². The number of hydrogen-bond acceptors (Lipinski definition) is 3. The van der Waals surface area contributed by atoms with Crippen molar-refractivity contribution in [2.45, 2.75) is 31.1 Å². The Bertz CT molecular complexity index is 382. The highest BCUT2D eigenvalue weighted by atomic mass is 16.5. The van der Waals surface area contributed by atoms with Crippen LogP contribution in [0.2, 0.25) is 0 Å². The van der Waals surface area contributed by atoms with Gasteiger partial charge in [-0.3, -0.25) is 0 Å². The highest BCUT2D eigenvalue weighted by Crippen LogP contribution is 2.54. The molecule has 0 amide bonds. The van der Waals surface area contributed by atoms with Crippen molar-refractivity contribution in [3.05, 3.63) is 17.0 Å². The van der Waals surface area contributed by atoms with Crippen LogP contribution in [0.5, 0.6) is 0 Å². The van der Waals surface area contributed by atoms with E-state index in [2.05, 4.69) is 5.16 Å². The van der Waals surface area contributed by atoms with Gasteiger partial charge < -0.3 is 9.63 Å². The Kier molecular flexibility index (Phi) is 1.17. The van der Waals surface area contributed by atoms with Crippen LogP contribution in [0.3, 0.4) is 0 Å². The number of aromatic nitrogens is 1. The molecule has 1 N–H and O–H groups in total. The van der Waals surface area contributed by atoms with E-state index in [-0.39, 0.29) is 5.69 Å². The quantitative estimate of drug-likeness (QED) is 0.713. The zero-order valence-corrected chi connectivity index (χ0v) is 6.99. The molecule has 13 heavy (non-hydrogen) atoms. The summed E-state index contributed by atoms with van der Waals surface area (Å²) >= 11 is 0. The number of carboxylic acids is 1. The maximum atomic E-state index is 10.8. The van der Waals surface area contributed by atoms with Crippen molar-refractivity contribution >= 4 is 5.97 Å². The van der Waals surface area contributed by atoms with Crippen LogP contribution >= 0.6 is 0 Å². The van der Waals surface area contributed by atoms with Crippen LogP contribution in [0.1, 0.15) is 52.9 Å². The molecule has 2 atom stereocenters. The second-order valence-corrected chi connectivity index (χ2v) is 3.82. The van der Waals surface area contributed by atoms with E-state index in [0.717, 1.165) is 30.6 Å². The second kappa shape index (κ2) is 2.13. The maximum Gasteiger partial charge on any atom is 0.358 e. The van der Waals surface area contributed by atoms with Gasteiger partial charge in [0, 0.05) is 11.5 Å². The van der Waals surface area contributed by atoms with Gasteiger partial charge in [-0.15, -0.1) is 0 Å². The lowest BCUT2D eigenvalue weighted by molar-refractivity contribution is 0.0684. The standard InChI is InChI=1S/C9H9NO3/c11-9(12)7-6-4-1-2-5(3-4)8(6)13-10-7/h4-5H,1-3H2,(H,11,12). The van der Waals surface area contributed by atoms with Gasteiger partial charge in [0.15, 0.2) is 5.69 Å². The first-order valence-electron chi connectivity index (χ1n) is 4.50. The predicted octanol–water partition coefficient (Wildman–Crippen LogP) is 1.74. The lowest BCUT2D eigenvalue weighted by atomic mass is 9.96. The van der Waals surface area contributed by atoms with Crippen LogP contribution in [0, 0.1) is 0 Å². The van der Waals surface area contributed by atoms with Gasteiger partial charge in [-0.2, -0.15) is 0 Å². The maximum absolute atomic E-state index is 10.8. The minimum atomic E-state index is -0.961. The van der Waals surface area contributed by atoms with E-state index in [9.17, 15) is 4.79 Å². The molecule has 0 spiro atoms. The molecule has 2 unspecified atom stereocenters. The molecule has 4 heteroatoms. The van der Waals surface area contributed by atoms with Crippen molar-refractivity contribution in [1.82, 2.24) is 5.16 Å². The summed E-state index contributed by atoms with van der Waals surface area (Å²) in [5.74, 6) is 0.726. The first-order valence-corrected chi connectivity index (χ1v) is 4.50. The summed E-state index contributed by atoms with van der Waals surface area (Å²) in [6.45, 7) is 0. The molecule has 3 rings (SSSR count). The smallest absolute Gasteiger partial charge is 0.358 e. The molecule has 68 valence electrons. The first kappa shape index (κ1) is 7.12.